The number of piperidine rings is 1. The molecule has 1 saturated heterocycles. The largest absolute Gasteiger partial charge is 0.347 e. The van der Waals surface area contributed by atoms with E-state index in [1.807, 2.05) is 51.1 Å². The number of nitrogens with zero attached hydrogens (tertiary/aromatic N) is 3. The molecule has 0 spiro atoms. The maximum atomic E-state index is 13.0. The van der Waals surface area contributed by atoms with Crippen LogP contribution in [-0.2, 0) is 11.3 Å². The molecule has 1 aliphatic rings. The average Bonchev–Trinajstić information content (AvgIpc) is 3.27. The molecular formula is C26H30BrN5O3. The minimum Gasteiger partial charge on any atom is -0.347 e. The van der Waals surface area contributed by atoms with Crippen LogP contribution in [0, 0.1) is 5.92 Å². The maximum absolute atomic E-state index is 13.0. The zero-order valence-corrected chi connectivity index (χ0v) is 21.8. The summed E-state index contributed by atoms with van der Waals surface area (Å²) in [7, 11) is 0. The van der Waals surface area contributed by atoms with E-state index in [0.29, 0.717) is 29.5 Å². The topological polar surface area (TPSA) is 100 Å². The van der Waals surface area contributed by atoms with Gasteiger partial charge in [-0.05, 0) is 71.0 Å². The fourth-order valence-corrected chi connectivity index (χ4v) is 4.44. The fourth-order valence-electron chi connectivity index (χ4n) is 4.04. The Morgan fingerprint density at radius 1 is 1.11 bits per heavy atom. The number of rotatable bonds is 6. The van der Waals surface area contributed by atoms with Gasteiger partial charge in [0.1, 0.15) is 0 Å². The summed E-state index contributed by atoms with van der Waals surface area (Å²) in [6.45, 7) is 7.82. The SMILES string of the molecule is CC(C)(C)NC(=O)c1ccccc1NC(=O)C1CCN(Cc2nc(-c3cccc(Br)c3)no2)CC1. The van der Waals surface area contributed by atoms with Crippen molar-refractivity contribution in [3.63, 3.8) is 0 Å². The van der Waals surface area contributed by atoms with E-state index in [9.17, 15) is 9.59 Å². The van der Waals surface area contributed by atoms with Gasteiger partial charge in [-0.3, -0.25) is 14.5 Å². The number of carbonyl (C=O) groups excluding carboxylic acids is 2. The minimum atomic E-state index is -0.363. The molecule has 0 atom stereocenters. The highest BCUT2D eigenvalue weighted by Gasteiger charge is 2.27. The van der Waals surface area contributed by atoms with Gasteiger partial charge in [0.2, 0.25) is 17.6 Å². The first-order chi connectivity index (χ1) is 16.7. The third-order valence-electron chi connectivity index (χ3n) is 5.79. The number of halogens is 1. The Morgan fingerprint density at radius 2 is 1.86 bits per heavy atom. The highest BCUT2D eigenvalue weighted by molar-refractivity contribution is 9.10. The Kier molecular flexibility index (Phi) is 7.66. The van der Waals surface area contributed by atoms with E-state index in [4.69, 9.17) is 4.52 Å². The molecule has 184 valence electrons. The summed E-state index contributed by atoms with van der Waals surface area (Å²) >= 11 is 3.46. The van der Waals surface area contributed by atoms with Crippen LogP contribution in [0.4, 0.5) is 5.69 Å². The van der Waals surface area contributed by atoms with Gasteiger partial charge in [-0.2, -0.15) is 4.98 Å². The first kappa shape index (κ1) is 25.1. The van der Waals surface area contributed by atoms with Gasteiger partial charge < -0.3 is 15.2 Å². The Balaban J connectivity index is 1.31. The van der Waals surface area contributed by atoms with E-state index >= 15 is 0 Å². The lowest BCUT2D eigenvalue weighted by molar-refractivity contribution is -0.121. The summed E-state index contributed by atoms with van der Waals surface area (Å²) in [6, 6.07) is 14.9. The molecule has 0 aliphatic carbocycles. The van der Waals surface area contributed by atoms with Gasteiger partial charge in [-0.1, -0.05) is 45.4 Å². The van der Waals surface area contributed by atoms with E-state index in [2.05, 4.69) is 41.6 Å². The van der Waals surface area contributed by atoms with E-state index in [0.717, 1.165) is 36.0 Å². The van der Waals surface area contributed by atoms with Gasteiger partial charge in [-0.15, -0.1) is 0 Å². The van der Waals surface area contributed by atoms with E-state index in [-0.39, 0.29) is 23.3 Å². The van der Waals surface area contributed by atoms with Crippen LogP contribution in [0.15, 0.2) is 57.5 Å². The number of para-hydroxylation sites is 1. The lowest BCUT2D eigenvalue weighted by Crippen LogP contribution is -2.41. The predicted octanol–water partition coefficient (Wildman–Crippen LogP) is 4.88. The predicted molar refractivity (Wildman–Crippen MR) is 138 cm³/mol. The highest BCUT2D eigenvalue weighted by Crippen LogP contribution is 2.24. The molecule has 8 nitrogen and oxygen atoms in total. The fraction of sp³-hybridized carbons (Fsp3) is 0.385. The second-order valence-electron chi connectivity index (χ2n) is 9.81. The minimum absolute atomic E-state index is 0.0598. The van der Waals surface area contributed by atoms with Crippen LogP contribution in [0.3, 0.4) is 0 Å². The van der Waals surface area contributed by atoms with Crippen molar-refractivity contribution in [2.24, 2.45) is 5.92 Å². The molecule has 2 aromatic carbocycles. The molecule has 0 saturated carbocycles. The molecule has 0 unspecified atom stereocenters. The standard InChI is InChI=1S/C26H30BrN5O3/c1-26(2,3)30-25(34)20-9-4-5-10-21(20)28-24(33)17-11-13-32(14-12-17)16-22-29-23(31-35-22)18-7-6-8-19(27)15-18/h4-10,15,17H,11-14,16H2,1-3H3,(H,28,33)(H,30,34). The van der Waals surface area contributed by atoms with Gasteiger partial charge in [0.15, 0.2) is 0 Å². The number of anilines is 1. The van der Waals surface area contributed by atoms with Crippen molar-refractivity contribution in [3.8, 4) is 11.4 Å². The number of carbonyl (C=O) groups is 2. The van der Waals surface area contributed by atoms with Crippen molar-refractivity contribution in [1.29, 1.82) is 0 Å². The molecule has 2 heterocycles. The number of hydrogen-bond donors (Lipinski definition) is 2. The Morgan fingerprint density at radius 3 is 2.57 bits per heavy atom. The number of hydrogen-bond acceptors (Lipinski definition) is 6. The highest BCUT2D eigenvalue weighted by atomic mass is 79.9. The van der Waals surface area contributed by atoms with Crippen molar-refractivity contribution >= 4 is 33.4 Å². The number of amides is 2. The Bertz CT molecular complexity index is 1200. The second kappa shape index (κ2) is 10.7. The van der Waals surface area contributed by atoms with Crippen molar-refractivity contribution in [2.45, 2.75) is 45.7 Å². The van der Waals surface area contributed by atoms with Gasteiger partial charge in [-0.25, -0.2) is 0 Å². The monoisotopic (exact) mass is 539 g/mol. The smallest absolute Gasteiger partial charge is 0.253 e. The van der Waals surface area contributed by atoms with E-state index in [1.165, 1.54) is 0 Å². The summed E-state index contributed by atoms with van der Waals surface area (Å²) in [5, 5.41) is 10.0. The molecule has 0 radical (unpaired) electrons. The zero-order chi connectivity index (χ0) is 25.0. The first-order valence-electron chi connectivity index (χ1n) is 11.7. The van der Waals surface area contributed by atoms with Crippen LogP contribution in [0.5, 0.6) is 0 Å². The van der Waals surface area contributed by atoms with E-state index in [1.54, 1.807) is 18.2 Å². The molecule has 1 fully saturated rings. The van der Waals surface area contributed by atoms with E-state index < -0.39 is 0 Å². The number of benzene rings is 2. The van der Waals surface area contributed by atoms with Crippen LogP contribution >= 0.6 is 15.9 Å². The molecule has 1 aliphatic heterocycles. The van der Waals surface area contributed by atoms with Crippen LogP contribution in [0.2, 0.25) is 0 Å². The third kappa shape index (κ3) is 6.76. The molecular weight excluding hydrogens is 510 g/mol. The van der Waals surface area contributed by atoms with Crippen molar-refractivity contribution in [3.05, 3.63) is 64.5 Å². The molecule has 2 N–H and O–H groups in total. The molecule has 1 aromatic heterocycles. The molecule has 3 aromatic rings. The number of aromatic nitrogens is 2. The van der Waals surface area contributed by atoms with Crippen molar-refractivity contribution < 1.29 is 14.1 Å². The number of likely N-dealkylation sites (tertiary alicyclic amines) is 1. The Labute approximate surface area is 213 Å². The summed E-state index contributed by atoms with van der Waals surface area (Å²) in [5.41, 5.74) is 1.53. The average molecular weight is 540 g/mol. The van der Waals surface area contributed by atoms with Crippen LogP contribution in [0.1, 0.15) is 49.9 Å². The number of nitrogens with one attached hydrogen (secondary N) is 2. The van der Waals surface area contributed by atoms with Gasteiger partial charge in [0.05, 0.1) is 17.8 Å². The van der Waals surface area contributed by atoms with Crippen LogP contribution < -0.4 is 10.6 Å². The second-order valence-corrected chi connectivity index (χ2v) is 10.7. The van der Waals surface area contributed by atoms with Gasteiger partial charge in [0.25, 0.3) is 5.91 Å². The third-order valence-corrected chi connectivity index (χ3v) is 6.28. The Hall–Kier alpha value is -3.04. The summed E-state index contributed by atoms with van der Waals surface area (Å²) in [6.07, 6.45) is 1.43. The first-order valence-corrected chi connectivity index (χ1v) is 12.5. The van der Waals surface area contributed by atoms with Gasteiger partial charge in [0, 0.05) is 21.5 Å². The molecule has 0 bridgehead atoms. The summed E-state index contributed by atoms with van der Waals surface area (Å²) < 4.78 is 6.41. The lowest BCUT2D eigenvalue weighted by atomic mass is 9.95. The normalized spacial score (nSPS) is 15.1. The van der Waals surface area contributed by atoms with Crippen LogP contribution in [-0.4, -0.2) is 45.5 Å². The maximum Gasteiger partial charge on any atom is 0.253 e. The lowest BCUT2D eigenvalue weighted by Gasteiger charge is -2.30. The molecule has 9 heteroatoms. The summed E-state index contributed by atoms with van der Waals surface area (Å²) in [4.78, 5) is 32.4. The summed E-state index contributed by atoms with van der Waals surface area (Å²) in [5.74, 6) is 0.733. The van der Waals surface area contributed by atoms with Crippen molar-refractivity contribution in [1.82, 2.24) is 20.4 Å². The molecule has 4 rings (SSSR count). The van der Waals surface area contributed by atoms with Gasteiger partial charge >= 0.3 is 0 Å². The quantitative estimate of drug-likeness (QED) is 0.463. The molecule has 35 heavy (non-hydrogen) atoms. The van der Waals surface area contributed by atoms with Crippen molar-refractivity contribution in [2.75, 3.05) is 18.4 Å². The molecule has 2 amide bonds. The zero-order valence-electron chi connectivity index (χ0n) is 20.2. The van der Waals surface area contributed by atoms with Crippen LogP contribution in [0.25, 0.3) is 11.4 Å².